The fourth-order valence-electron chi connectivity index (χ4n) is 7.02. The van der Waals surface area contributed by atoms with Gasteiger partial charge in [-0.15, -0.1) is 0 Å². The first-order valence-electron chi connectivity index (χ1n) is 13.4. The van der Waals surface area contributed by atoms with Crippen molar-refractivity contribution in [2.45, 2.75) is 50.7 Å². The quantitative estimate of drug-likeness (QED) is 0.493. The molecule has 210 valence electrons. The highest BCUT2D eigenvalue weighted by atomic mass is 16.3. The molecule has 40 heavy (non-hydrogen) atoms. The number of aromatic hydroxyl groups is 1. The van der Waals surface area contributed by atoms with Crippen LogP contribution >= 0.6 is 0 Å². The maximum atomic E-state index is 13.9. The summed E-state index contributed by atoms with van der Waals surface area (Å²) in [6.07, 6.45) is 0.235. The predicted octanol–water partition coefficient (Wildman–Crippen LogP) is 1.83. The van der Waals surface area contributed by atoms with Crippen molar-refractivity contribution in [2.24, 2.45) is 29.4 Å². The minimum atomic E-state index is -2.73. The molecule has 2 saturated carbocycles. The number of carbonyl (C=O) groups is 5. The van der Waals surface area contributed by atoms with Crippen LogP contribution in [0.2, 0.25) is 0 Å². The van der Waals surface area contributed by atoms with E-state index in [0.29, 0.717) is 5.56 Å². The van der Waals surface area contributed by atoms with E-state index in [1.165, 1.54) is 11.0 Å². The molecule has 0 bridgehead atoms. The van der Waals surface area contributed by atoms with Crippen molar-refractivity contribution < 1.29 is 34.2 Å². The standard InChI is InChI=1S/C31H34N2O7/c1-30(2,3)16-8-6-14(7-9-16)17-10-11-20(34)22-18(17)12-15-13-19-24(33(4)5)26(36)23(29(32)39)28(38)31(19,40)27(37)21(15)25(22)35/h6-11,15,19,21,23-24,34,40H,12-13H2,1-5H3,(H2,32,39)/t15-,19-,21?,23?,24-,31-/m0/s1. The Balaban J connectivity index is 1.63. The Bertz CT molecular complexity index is 1470. The molecule has 0 spiro atoms. The van der Waals surface area contributed by atoms with Gasteiger partial charge in [0.2, 0.25) is 5.91 Å². The summed E-state index contributed by atoms with van der Waals surface area (Å²) < 4.78 is 0. The van der Waals surface area contributed by atoms with Gasteiger partial charge in [-0.25, -0.2) is 0 Å². The van der Waals surface area contributed by atoms with E-state index in [4.69, 9.17) is 5.73 Å². The molecule has 5 rings (SSSR count). The monoisotopic (exact) mass is 546 g/mol. The number of phenolic OH excluding ortho intramolecular Hbond substituents is 1. The second-order valence-corrected chi connectivity index (χ2v) is 12.6. The number of primary amides is 1. The van der Waals surface area contributed by atoms with Crippen molar-refractivity contribution in [3.8, 4) is 16.9 Å². The van der Waals surface area contributed by atoms with Crippen LogP contribution in [-0.4, -0.2) is 69.9 Å². The van der Waals surface area contributed by atoms with Crippen LogP contribution in [0.25, 0.3) is 11.1 Å². The average Bonchev–Trinajstić information content (AvgIpc) is 2.85. The molecule has 6 atom stereocenters. The second kappa shape index (κ2) is 9.17. The summed E-state index contributed by atoms with van der Waals surface area (Å²) in [5, 5.41) is 22.4. The molecule has 9 nitrogen and oxygen atoms in total. The van der Waals surface area contributed by atoms with Gasteiger partial charge < -0.3 is 15.9 Å². The third kappa shape index (κ3) is 3.86. The van der Waals surface area contributed by atoms with Gasteiger partial charge in [0.05, 0.1) is 17.5 Å². The molecular formula is C31H34N2O7. The van der Waals surface area contributed by atoms with Crippen molar-refractivity contribution in [2.75, 3.05) is 14.1 Å². The number of Topliss-reactive ketones (excluding diaryl/α,β-unsaturated/α-hetero) is 4. The molecule has 0 aromatic heterocycles. The Morgan fingerprint density at radius 2 is 1.62 bits per heavy atom. The Labute approximate surface area is 232 Å². The number of phenols is 1. The van der Waals surface area contributed by atoms with Gasteiger partial charge in [0, 0.05) is 5.92 Å². The number of hydrogen-bond acceptors (Lipinski definition) is 8. The normalized spacial score (nSPS) is 30.1. The number of hydrogen-bond donors (Lipinski definition) is 3. The highest BCUT2D eigenvalue weighted by Crippen LogP contribution is 2.51. The molecule has 2 aromatic rings. The number of amides is 1. The highest BCUT2D eigenvalue weighted by Gasteiger charge is 2.69. The maximum Gasteiger partial charge on any atom is 0.235 e. The van der Waals surface area contributed by atoms with Gasteiger partial charge in [-0.05, 0) is 66.6 Å². The summed E-state index contributed by atoms with van der Waals surface area (Å²) >= 11 is 0. The minimum absolute atomic E-state index is 0.0102. The zero-order valence-corrected chi connectivity index (χ0v) is 23.2. The van der Waals surface area contributed by atoms with Crippen LogP contribution in [0.3, 0.4) is 0 Å². The maximum absolute atomic E-state index is 13.9. The first kappa shape index (κ1) is 27.9. The molecule has 1 amide bonds. The Hall–Kier alpha value is -3.69. The molecular weight excluding hydrogens is 512 g/mol. The lowest BCUT2D eigenvalue weighted by Crippen LogP contribution is -2.74. The van der Waals surface area contributed by atoms with Crippen molar-refractivity contribution >= 4 is 29.0 Å². The summed E-state index contributed by atoms with van der Waals surface area (Å²) in [7, 11) is 3.12. The molecule has 0 aliphatic heterocycles. The van der Waals surface area contributed by atoms with Crippen LogP contribution < -0.4 is 5.73 Å². The molecule has 0 saturated heterocycles. The molecule has 2 fully saturated rings. The van der Waals surface area contributed by atoms with Crippen molar-refractivity contribution in [1.29, 1.82) is 0 Å². The van der Waals surface area contributed by atoms with Gasteiger partial charge >= 0.3 is 0 Å². The summed E-state index contributed by atoms with van der Waals surface area (Å²) in [5.41, 5.74) is 5.86. The number of nitrogens with two attached hydrogens (primary N) is 1. The molecule has 9 heteroatoms. The lowest BCUT2D eigenvalue weighted by molar-refractivity contribution is -0.181. The number of nitrogens with zero attached hydrogens (tertiary/aromatic N) is 1. The molecule has 2 unspecified atom stereocenters. The summed E-state index contributed by atoms with van der Waals surface area (Å²) in [4.78, 5) is 68.0. The largest absolute Gasteiger partial charge is 0.507 e. The number of likely N-dealkylation sites (N-methyl/N-ethyl adjacent to an activating group) is 1. The van der Waals surface area contributed by atoms with E-state index in [2.05, 4.69) is 20.8 Å². The average molecular weight is 547 g/mol. The smallest absolute Gasteiger partial charge is 0.235 e. The van der Waals surface area contributed by atoms with E-state index >= 15 is 0 Å². The van der Waals surface area contributed by atoms with E-state index < -0.39 is 64.4 Å². The fourth-order valence-corrected chi connectivity index (χ4v) is 7.02. The molecule has 0 heterocycles. The van der Waals surface area contributed by atoms with Gasteiger partial charge in [0.15, 0.2) is 34.7 Å². The Morgan fingerprint density at radius 1 is 1.00 bits per heavy atom. The summed E-state index contributed by atoms with van der Waals surface area (Å²) in [6.45, 7) is 6.33. The lowest BCUT2D eigenvalue weighted by Gasteiger charge is -2.52. The van der Waals surface area contributed by atoms with Crippen LogP contribution in [0.5, 0.6) is 5.75 Å². The zero-order chi connectivity index (χ0) is 29.5. The third-order valence-electron chi connectivity index (χ3n) is 9.01. The van der Waals surface area contributed by atoms with Gasteiger partial charge in [-0.3, -0.25) is 28.9 Å². The zero-order valence-electron chi connectivity index (χ0n) is 23.2. The SMILES string of the molecule is CN(C)[C@@H]1C(=O)C(C(N)=O)C(=O)[C@@]2(O)C(=O)C3C(=O)c4c(O)ccc(-c5ccc(C(C)(C)C)cc5)c4C[C@H]3C[C@@H]12. The number of rotatable bonds is 3. The van der Waals surface area contributed by atoms with Crippen LogP contribution in [0.4, 0.5) is 0 Å². The number of carbonyl (C=O) groups excluding carboxylic acids is 5. The van der Waals surface area contributed by atoms with E-state index in [-0.39, 0.29) is 29.6 Å². The van der Waals surface area contributed by atoms with Crippen LogP contribution in [0, 0.1) is 23.7 Å². The topological polar surface area (TPSA) is 155 Å². The molecule has 2 aromatic carbocycles. The molecule has 4 N–H and O–H groups in total. The molecule has 3 aliphatic carbocycles. The molecule has 0 radical (unpaired) electrons. The van der Waals surface area contributed by atoms with Crippen molar-refractivity contribution in [3.05, 3.63) is 53.1 Å². The minimum Gasteiger partial charge on any atom is -0.507 e. The summed E-state index contributed by atoms with van der Waals surface area (Å²) in [5.74, 6) is -10.5. The number of fused-ring (bicyclic) bond motifs is 3. The predicted molar refractivity (Wildman–Crippen MR) is 145 cm³/mol. The number of ketones is 4. The lowest BCUT2D eigenvalue weighted by atomic mass is 9.52. The van der Waals surface area contributed by atoms with E-state index in [0.717, 1.165) is 16.7 Å². The highest BCUT2D eigenvalue weighted by molar-refractivity contribution is 6.32. The number of aliphatic hydroxyl groups is 1. The third-order valence-corrected chi connectivity index (χ3v) is 9.01. The van der Waals surface area contributed by atoms with E-state index in [1.807, 2.05) is 24.3 Å². The summed E-state index contributed by atoms with van der Waals surface area (Å²) in [6, 6.07) is 9.96. The Kier molecular flexibility index (Phi) is 6.39. The van der Waals surface area contributed by atoms with Crippen LogP contribution in [0.1, 0.15) is 48.7 Å². The van der Waals surface area contributed by atoms with Crippen LogP contribution in [0.15, 0.2) is 36.4 Å². The van der Waals surface area contributed by atoms with Crippen molar-refractivity contribution in [3.63, 3.8) is 0 Å². The van der Waals surface area contributed by atoms with Gasteiger partial charge in [-0.1, -0.05) is 51.1 Å². The van der Waals surface area contributed by atoms with Gasteiger partial charge in [0.25, 0.3) is 0 Å². The molecule has 3 aliphatic rings. The van der Waals surface area contributed by atoms with E-state index in [9.17, 15) is 34.2 Å². The Morgan fingerprint density at radius 3 is 2.17 bits per heavy atom. The first-order chi connectivity index (χ1) is 18.6. The number of benzene rings is 2. The fraction of sp³-hybridized carbons (Fsp3) is 0.452. The van der Waals surface area contributed by atoms with Crippen molar-refractivity contribution in [1.82, 2.24) is 4.90 Å². The van der Waals surface area contributed by atoms with Crippen LogP contribution in [-0.2, 0) is 31.0 Å². The first-order valence-corrected chi connectivity index (χ1v) is 13.4. The van der Waals surface area contributed by atoms with E-state index in [1.54, 1.807) is 20.2 Å². The van der Waals surface area contributed by atoms with Gasteiger partial charge in [0.1, 0.15) is 5.75 Å². The second-order valence-electron chi connectivity index (χ2n) is 12.6. The van der Waals surface area contributed by atoms with Gasteiger partial charge in [-0.2, -0.15) is 0 Å².